The molecule has 0 radical (unpaired) electrons. The van der Waals surface area contributed by atoms with Crippen LogP contribution in [-0.2, 0) is 17.9 Å². The van der Waals surface area contributed by atoms with E-state index in [-0.39, 0.29) is 18.1 Å². The van der Waals surface area contributed by atoms with E-state index < -0.39 is 4.92 Å². The number of carbonyl (C=O) groups is 1. The van der Waals surface area contributed by atoms with E-state index in [1.807, 2.05) is 4.90 Å². The lowest BCUT2D eigenvalue weighted by atomic mass is 10.1. The van der Waals surface area contributed by atoms with Crippen LogP contribution >= 0.6 is 0 Å². The minimum atomic E-state index is -0.442. The van der Waals surface area contributed by atoms with E-state index in [1.165, 1.54) is 15.8 Å². The lowest BCUT2D eigenvalue weighted by Crippen LogP contribution is -2.49. The zero-order chi connectivity index (χ0) is 19.6. The molecule has 0 saturated carbocycles. The predicted octanol–water partition coefficient (Wildman–Crippen LogP) is 2.06. The fourth-order valence-corrected chi connectivity index (χ4v) is 3.56. The second-order valence-electron chi connectivity index (χ2n) is 7.08. The third-order valence-corrected chi connectivity index (χ3v) is 5.02. The summed E-state index contributed by atoms with van der Waals surface area (Å²) >= 11 is 0. The molecule has 8 heteroatoms. The van der Waals surface area contributed by atoms with Crippen LogP contribution in [0.3, 0.4) is 0 Å². The van der Waals surface area contributed by atoms with Crippen molar-refractivity contribution in [2.45, 2.75) is 33.9 Å². The average Bonchev–Trinajstić information content (AvgIpc) is 2.89. The number of aromatic nitrogens is 2. The first-order chi connectivity index (χ1) is 12.8. The van der Waals surface area contributed by atoms with Crippen LogP contribution < -0.4 is 0 Å². The molecule has 8 nitrogen and oxygen atoms in total. The average molecular weight is 371 g/mol. The lowest BCUT2D eigenvalue weighted by Gasteiger charge is -2.34. The van der Waals surface area contributed by atoms with Crippen LogP contribution in [0.4, 0.5) is 5.69 Å². The van der Waals surface area contributed by atoms with Crippen molar-refractivity contribution in [2.75, 3.05) is 26.2 Å². The standard InChI is InChI=1S/C19H25N5O3/c1-14-5-4-6-17(11-14)12-21-7-9-22(10-8-21)18(25)13-23-16(3)19(24(26)27)15(2)20-23/h4-6,11H,7-10,12-13H2,1-3H3. The quantitative estimate of drug-likeness (QED) is 0.593. The van der Waals surface area contributed by atoms with Crippen LogP contribution in [0.1, 0.15) is 22.5 Å². The summed E-state index contributed by atoms with van der Waals surface area (Å²) in [6, 6.07) is 8.47. The zero-order valence-corrected chi connectivity index (χ0v) is 16.0. The zero-order valence-electron chi connectivity index (χ0n) is 16.0. The van der Waals surface area contributed by atoms with Gasteiger partial charge in [0.05, 0.1) is 4.92 Å². The molecule has 1 aromatic heterocycles. The van der Waals surface area contributed by atoms with Gasteiger partial charge in [-0.25, -0.2) is 0 Å². The Morgan fingerprint density at radius 3 is 2.48 bits per heavy atom. The number of nitrogens with zero attached hydrogens (tertiary/aromatic N) is 5. The van der Waals surface area contributed by atoms with E-state index in [0.29, 0.717) is 24.5 Å². The van der Waals surface area contributed by atoms with E-state index in [1.54, 1.807) is 13.8 Å². The van der Waals surface area contributed by atoms with E-state index in [2.05, 4.69) is 41.2 Å². The summed E-state index contributed by atoms with van der Waals surface area (Å²) in [6.45, 7) is 9.18. The Labute approximate surface area is 158 Å². The minimum Gasteiger partial charge on any atom is -0.339 e. The Morgan fingerprint density at radius 2 is 1.89 bits per heavy atom. The molecule has 0 bridgehead atoms. The third kappa shape index (κ3) is 4.33. The highest BCUT2D eigenvalue weighted by Crippen LogP contribution is 2.22. The number of aryl methyl sites for hydroxylation is 2. The molecular formula is C19H25N5O3. The first-order valence-electron chi connectivity index (χ1n) is 9.09. The van der Waals surface area contributed by atoms with Crippen LogP contribution in [0, 0.1) is 30.9 Å². The number of benzene rings is 1. The summed E-state index contributed by atoms with van der Waals surface area (Å²) in [6.07, 6.45) is 0. The lowest BCUT2D eigenvalue weighted by molar-refractivity contribution is -0.386. The van der Waals surface area contributed by atoms with Crippen LogP contribution in [0.2, 0.25) is 0 Å². The Balaban J connectivity index is 1.56. The molecule has 1 amide bonds. The van der Waals surface area contributed by atoms with E-state index in [0.717, 1.165) is 19.6 Å². The SMILES string of the molecule is Cc1cccc(CN2CCN(C(=O)Cn3nc(C)c([N+](=O)[O-])c3C)CC2)c1. The van der Waals surface area contributed by atoms with E-state index in [4.69, 9.17) is 0 Å². The second kappa shape index (κ2) is 7.87. The smallest absolute Gasteiger partial charge is 0.312 e. The maximum Gasteiger partial charge on any atom is 0.312 e. The van der Waals surface area contributed by atoms with Crippen molar-refractivity contribution in [3.05, 3.63) is 56.9 Å². The van der Waals surface area contributed by atoms with Gasteiger partial charge in [0, 0.05) is 32.7 Å². The molecule has 0 N–H and O–H groups in total. The summed E-state index contributed by atoms with van der Waals surface area (Å²) in [4.78, 5) is 27.4. The van der Waals surface area contributed by atoms with Gasteiger partial charge in [-0.15, -0.1) is 0 Å². The number of rotatable bonds is 5. The van der Waals surface area contributed by atoms with Crippen LogP contribution in [-0.4, -0.2) is 56.6 Å². The minimum absolute atomic E-state index is 0.00854. The Morgan fingerprint density at radius 1 is 1.19 bits per heavy atom. The first kappa shape index (κ1) is 19.0. The molecule has 1 saturated heterocycles. The molecule has 0 unspecified atom stereocenters. The van der Waals surface area contributed by atoms with E-state index >= 15 is 0 Å². The highest BCUT2D eigenvalue weighted by atomic mass is 16.6. The molecule has 1 aromatic carbocycles. The molecule has 27 heavy (non-hydrogen) atoms. The monoisotopic (exact) mass is 371 g/mol. The normalized spacial score (nSPS) is 15.1. The topological polar surface area (TPSA) is 84.5 Å². The molecule has 1 aliphatic rings. The highest BCUT2D eigenvalue weighted by molar-refractivity contribution is 5.76. The van der Waals surface area contributed by atoms with Gasteiger partial charge in [0.1, 0.15) is 17.9 Å². The van der Waals surface area contributed by atoms with Crippen molar-refractivity contribution in [1.29, 1.82) is 0 Å². The molecule has 0 atom stereocenters. The molecule has 0 aliphatic carbocycles. The Bertz CT molecular complexity index is 853. The predicted molar refractivity (Wildman–Crippen MR) is 101 cm³/mol. The van der Waals surface area contributed by atoms with Crippen molar-refractivity contribution in [1.82, 2.24) is 19.6 Å². The van der Waals surface area contributed by atoms with Crippen molar-refractivity contribution >= 4 is 11.6 Å². The third-order valence-electron chi connectivity index (χ3n) is 5.02. The molecule has 2 heterocycles. The van der Waals surface area contributed by atoms with Gasteiger partial charge in [0.2, 0.25) is 5.91 Å². The summed E-state index contributed by atoms with van der Waals surface area (Å²) in [5.41, 5.74) is 3.29. The van der Waals surface area contributed by atoms with Gasteiger partial charge >= 0.3 is 5.69 Å². The van der Waals surface area contributed by atoms with E-state index in [9.17, 15) is 14.9 Å². The molecule has 2 aromatic rings. The van der Waals surface area contributed by atoms with Crippen molar-refractivity contribution in [3.8, 4) is 0 Å². The summed E-state index contributed by atoms with van der Waals surface area (Å²) in [5, 5.41) is 15.3. The van der Waals surface area contributed by atoms with Gasteiger partial charge in [-0.1, -0.05) is 29.8 Å². The fraction of sp³-hybridized carbons (Fsp3) is 0.474. The molecule has 1 aliphatic heterocycles. The van der Waals surface area contributed by atoms with Crippen LogP contribution in [0.15, 0.2) is 24.3 Å². The van der Waals surface area contributed by atoms with Gasteiger partial charge < -0.3 is 4.90 Å². The second-order valence-corrected chi connectivity index (χ2v) is 7.08. The Kier molecular flexibility index (Phi) is 5.55. The maximum atomic E-state index is 12.6. The van der Waals surface area contributed by atoms with Crippen molar-refractivity contribution in [2.24, 2.45) is 0 Å². The number of carbonyl (C=O) groups excluding carboxylic acids is 1. The summed E-state index contributed by atoms with van der Waals surface area (Å²) in [7, 11) is 0. The number of hydrogen-bond acceptors (Lipinski definition) is 5. The summed E-state index contributed by atoms with van der Waals surface area (Å²) < 4.78 is 1.44. The van der Waals surface area contributed by atoms with Gasteiger partial charge in [-0.2, -0.15) is 5.10 Å². The molecule has 0 spiro atoms. The molecule has 1 fully saturated rings. The number of piperazine rings is 1. The van der Waals surface area contributed by atoms with Crippen molar-refractivity contribution < 1.29 is 9.72 Å². The van der Waals surface area contributed by atoms with Crippen LogP contribution in [0.25, 0.3) is 0 Å². The van der Waals surface area contributed by atoms with Gasteiger partial charge in [-0.05, 0) is 26.3 Å². The van der Waals surface area contributed by atoms with Gasteiger partial charge in [0.15, 0.2) is 0 Å². The largest absolute Gasteiger partial charge is 0.339 e. The maximum absolute atomic E-state index is 12.6. The summed E-state index contributed by atoms with van der Waals surface area (Å²) in [5.74, 6) is -0.0503. The van der Waals surface area contributed by atoms with Gasteiger partial charge in [-0.3, -0.25) is 24.5 Å². The highest BCUT2D eigenvalue weighted by Gasteiger charge is 2.26. The Hall–Kier alpha value is -2.74. The van der Waals surface area contributed by atoms with Crippen molar-refractivity contribution in [3.63, 3.8) is 0 Å². The number of amides is 1. The van der Waals surface area contributed by atoms with Gasteiger partial charge in [0.25, 0.3) is 0 Å². The molecule has 144 valence electrons. The number of hydrogen-bond donors (Lipinski definition) is 0. The molecular weight excluding hydrogens is 346 g/mol. The van der Waals surface area contributed by atoms with Crippen LogP contribution in [0.5, 0.6) is 0 Å². The first-order valence-corrected chi connectivity index (χ1v) is 9.09. The number of nitro groups is 1. The molecule has 3 rings (SSSR count). The fourth-order valence-electron chi connectivity index (χ4n) is 3.56.